The van der Waals surface area contributed by atoms with Crippen LogP contribution in [0.15, 0.2) is 97.1 Å². The van der Waals surface area contributed by atoms with Crippen molar-refractivity contribution in [2.45, 2.75) is 12.8 Å². The van der Waals surface area contributed by atoms with Gasteiger partial charge in [0.1, 0.15) is 0 Å². The summed E-state index contributed by atoms with van der Waals surface area (Å²) in [6, 6.07) is 22.9. The van der Waals surface area contributed by atoms with Crippen LogP contribution in [-0.4, -0.2) is 34.0 Å². The maximum Gasteiger partial charge on any atom is 0.328 e. The molecule has 8 heteroatoms. The van der Waals surface area contributed by atoms with Crippen LogP contribution in [0.3, 0.4) is 0 Å². The molecule has 0 aliphatic rings. The average Bonchev–Trinajstić information content (AvgIpc) is 2.85. The van der Waals surface area contributed by atoms with Crippen molar-refractivity contribution >= 4 is 35.1 Å². The zero-order chi connectivity index (χ0) is 25.9. The predicted octanol–water partition coefficient (Wildman–Crippen LogP) is 4.03. The summed E-state index contributed by atoms with van der Waals surface area (Å²) in [7, 11) is 0. The van der Waals surface area contributed by atoms with Gasteiger partial charge in [-0.1, -0.05) is 48.5 Å². The summed E-state index contributed by atoms with van der Waals surface area (Å²) in [6.07, 6.45) is 4.94. The molecule has 3 aromatic rings. The van der Waals surface area contributed by atoms with E-state index in [9.17, 15) is 19.2 Å². The zero-order valence-electron chi connectivity index (χ0n) is 19.2. The summed E-state index contributed by atoms with van der Waals surface area (Å²) in [5.41, 5.74) is 5.56. The monoisotopic (exact) mass is 484 g/mol. The third-order valence-electron chi connectivity index (χ3n) is 5.04. The third kappa shape index (κ3) is 8.75. The number of amides is 2. The smallest absolute Gasteiger partial charge is 0.328 e. The highest BCUT2D eigenvalue weighted by Gasteiger charge is 2.03. The molecular formula is C28H24N2O6. The quantitative estimate of drug-likeness (QED) is 0.321. The van der Waals surface area contributed by atoms with Gasteiger partial charge in [-0.3, -0.25) is 9.59 Å². The molecule has 0 saturated heterocycles. The van der Waals surface area contributed by atoms with E-state index in [1.165, 1.54) is 0 Å². The highest BCUT2D eigenvalue weighted by Crippen LogP contribution is 2.17. The highest BCUT2D eigenvalue weighted by molar-refractivity contribution is 6.02. The fraction of sp³-hybridized carbons (Fsp3) is 0.0714. The zero-order valence-corrected chi connectivity index (χ0v) is 19.2. The van der Waals surface area contributed by atoms with Crippen molar-refractivity contribution in [3.05, 3.63) is 119 Å². The molecule has 3 rings (SSSR count). The van der Waals surface area contributed by atoms with Crippen LogP contribution >= 0.6 is 0 Å². The molecule has 0 spiro atoms. The van der Waals surface area contributed by atoms with Gasteiger partial charge < -0.3 is 20.8 Å². The fourth-order valence-electron chi connectivity index (χ4n) is 3.32. The number of carbonyl (C=O) groups excluding carboxylic acids is 2. The minimum absolute atomic E-state index is 0.506. The number of anilines is 2. The Morgan fingerprint density at radius 2 is 0.778 bits per heavy atom. The van der Waals surface area contributed by atoms with Crippen molar-refractivity contribution in [3.63, 3.8) is 0 Å². The predicted molar refractivity (Wildman–Crippen MR) is 136 cm³/mol. The van der Waals surface area contributed by atoms with Crippen LogP contribution in [0.25, 0.3) is 0 Å². The normalized spacial score (nSPS) is 10.9. The van der Waals surface area contributed by atoms with Gasteiger partial charge in [0.15, 0.2) is 0 Å². The van der Waals surface area contributed by atoms with Gasteiger partial charge in [-0.2, -0.15) is 0 Å². The maximum absolute atomic E-state index is 11.7. The summed E-state index contributed by atoms with van der Waals surface area (Å²) in [5, 5.41) is 22.3. The van der Waals surface area contributed by atoms with Crippen molar-refractivity contribution < 1.29 is 29.4 Å². The lowest BCUT2D eigenvalue weighted by molar-refractivity contribution is -0.132. The lowest BCUT2D eigenvalue weighted by Crippen LogP contribution is -2.08. The first-order valence-corrected chi connectivity index (χ1v) is 11.0. The lowest BCUT2D eigenvalue weighted by Gasteiger charge is -2.08. The first kappa shape index (κ1) is 25.6. The first-order valence-electron chi connectivity index (χ1n) is 11.0. The molecule has 0 aliphatic heterocycles. The average molecular weight is 485 g/mol. The number of hydrogen-bond donors (Lipinski definition) is 4. The van der Waals surface area contributed by atoms with E-state index < -0.39 is 23.8 Å². The molecule has 0 bridgehead atoms. The summed E-state index contributed by atoms with van der Waals surface area (Å²) in [5.74, 6) is -3.38. The number of carboxylic acid groups (broad SMARTS) is 2. The molecule has 3 aromatic carbocycles. The Labute approximate surface area is 207 Å². The molecule has 2 amide bonds. The van der Waals surface area contributed by atoms with Crippen LogP contribution in [0, 0.1) is 0 Å². The number of benzene rings is 3. The Bertz CT molecular complexity index is 1190. The second-order valence-electron chi connectivity index (χ2n) is 7.89. The van der Waals surface area contributed by atoms with E-state index in [0.29, 0.717) is 11.4 Å². The highest BCUT2D eigenvalue weighted by atomic mass is 16.4. The van der Waals surface area contributed by atoms with Crippen LogP contribution in [0.5, 0.6) is 0 Å². The van der Waals surface area contributed by atoms with E-state index in [0.717, 1.165) is 59.4 Å². The number of carbonyl (C=O) groups is 4. The first-order chi connectivity index (χ1) is 17.3. The van der Waals surface area contributed by atoms with Crippen LogP contribution in [-0.2, 0) is 32.0 Å². The van der Waals surface area contributed by atoms with Crippen molar-refractivity contribution in [1.29, 1.82) is 0 Å². The van der Waals surface area contributed by atoms with E-state index in [1.54, 1.807) is 24.3 Å². The number of hydrogen-bond acceptors (Lipinski definition) is 4. The topological polar surface area (TPSA) is 133 Å². The molecule has 0 heterocycles. The van der Waals surface area contributed by atoms with Gasteiger partial charge in [0.2, 0.25) is 11.8 Å². The molecule has 0 atom stereocenters. The molecule has 0 aromatic heterocycles. The standard InChI is InChI=1S/C28H24N2O6/c31-25(13-15-27(33)34)29-23-9-5-21(6-10-23)17-19-1-2-20(4-3-19)18-22-7-11-24(12-8-22)30-26(32)14-16-28(35)36/h1-16H,17-18H2,(H,29,31)(H,30,32)(H,33,34)(H,35,36)/b15-13-,16-14-. The molecule has 0 radical (unpaired) electrons. The molecule has 36 heavy (non-hydrogen) atoms. The molecule has 182 valence electrons. The lowest BCUT2D eigenvalue weighted by atomic mass is 10.00. The Morgan fingerprint density at radius 1 is 0.500 bits per heavy atom. The minimum atomic E-state index is -1.18. The second kappa shape index (κ2) is 12.5. The Hall–Kier alpha value is -4.98. The van der Waals surface area contributed by atoms with Crippen molar-refractivity contribution in [2.24, 2.45) is 0 Å². The van der Waals surface area contributed by atoms with Crippen LogP contribution in [0.1, 0.15) is 22.3 Å². The van der Waals surface area contributed by atoms with Gasteiger partial charge in [-0.25, -0.2) is 9.59 Å². The molecule has 0 saturated carbocycles. The second-order valence-corrected chi connectivity index (χ2v) is 7.89. The Kier molecular flexibility index (Phi) is 8.88. The van der Waals surface area contributed by atoms with Gasteiger partial charge in [-0.05, 0) is 59.4 Å². The minimum Gasteiger partial charge on any atom is -0.478 e. The van der Waals surface area contributed by atoms with Gasteiger partial charge in [-0.15, -0.1) is 0 Å². The van der Waals surface area contributed by atoms with Crippen LogP contribution in [0.2, 0.25) is 0 Å². The Balaban J connectivity index is 1.51. The summed E-state index contributed by atoms with van der Waals surface area (Å²) < 4.78 is 0. The van der Waals surface area contributed by atoms with E-state index >= 15 is 0 Å². The number of rotatable bonds is 10. The van der Waals surface area contributed by atoms with E-state index in [1.807, 2.05) is 24.3 Å². The molecule has 8 nitrogen and oxygen atoms in total. The summed E-state index contributed by atoms with van der Waals surface area (Å²) >= 11 is 0. The van der Waals surface area contributed by atoms with E-state index in [2.05, 4.69) is 34.9 Å². The van der Waals surface area contributed by atoms with E-state index in [4.69, 9.17) is 10.2 Å². The third-order valence-corrected chi connectivity index (χ3v) is 5.04. The SMILES string of the molecule is O=C(O)/C=C\C(=O)Nc1ccc(Cc2ccc(Cc3ccc(NC(=O)/C=C\C(=O)O)cc3)cc2)cc1. The van der Waals surface area contributed by atoms with Crippen molar-refractivity contribution in [2.75, 3.05) is 10.6 Å². The molecule has 0 unspecified atom stereocenters. The summed E-state index contributed by atoms with van der Waals surface area (Å²) in [6.45, 7) is 0. The number of carboxylic acids is 2. The van der Waals surface area contributed by atoms with Gasteiger partial charge in [0.25, 0.3) is 0 Å². The summed E-state index contributed by atoms with van der Waals surface area (Å²) in [4.78, 5) is 44.3. The van der Waals surface area contributed by atoms with Crippen molar-refractivity contribution in [3.8, 4) is 0 Å². The molecule has 4 N–H and O–H groups in total. The molecular weight excluding hydrogens is 460 g/mol. The van der Waals surface area contributed by atoms with Crippen LogP contribution < -0.4 is 10.6 Å². The van der Waals surface area contributed by atoms with Gasteiger partial charge >= 0.3 is 11.9 Å². The van der Waals surface area contributed by atoms with Gasteiger partial charge in [0, 0.05) is 35.7 Å². The Morgan fingerprint density at radius 3 is 1.06 bits per heavy atom. The van der Waals surface area contributed by atoms with Crippen molar-refractivity contribution in [1.82, 2.24) is 0 Å². The largest absolute Gasteiger partial charge is 0.478 e. The number of nitrogens with one attached hydrogen (secondary N) is 2. The van der Waals surface area contributed by atoms with Crippen LogP contribution in [0.4, 0.5) is 11.4 Å². The fourth-order valence-corrected chi connectivity index (χ4v) is 3.32. The number of aliphatic carboxylic acids is 2. The molecule has 0 fully saturated rings. The molecule has 0 aliphatic carbocycles. The maximum atomic E-state index is 11.7. The van der Waals surface area contributed by atoms with E-state index in [-0.39, 0.29) is 0 Å². The van der Waals surface area contributed by atoms with Gasteiger partial charge in [0.05, 0.1) is 0 Å².